The van der Waals surface area contributed by atoms with Crippen LogP contribution in [0.2, 0.25) is 0 Å². The van der Waals surface area contributed by atoms with E-state index in [9.17, 15) is 4.39 Å². The predicted molar refractivity (Wildman–Crippen MR) is 104 cm³/mol. The van der Waals surface area contributed by atoms with Crippen LogP contribution in [0.25, 0.3) is 11.3 Å². The van der Waals surface area contributed by atoms with Gasteiger partial charge in [0, 0.05) is 21.0 Å². The minimum atomic E-state index is -0.363. The average Bonchev–Trinajstić information content (AvgIpc) is 2.97. The van der Waals surface area contributed by atoms with Gasteiger partial charge < -0.3 is 4.74 Å². The molecule has 7 heteroatoms. The van der Waals surface area contributed by atoms with Gasteiger partial charge in [0.05, 0.1) is 19.0 Å². The molecule has 0 aliphatic heterocycles. The Hall–Kier alpha value is -2.25. The van der Waals surface area contributed by atoms with Gasteiger partial charge >= 0.3 is 0 Å². The van der Waals surface area contributed by atoms with Gasteiger partial charge in [0.2, 0.25) is 5.13 Å². The number of benzene rings is 2. The summed E-state index contributed by atoms with van der Waals surface area (Å²) in [6.07, 6.45) is 1.71. The topological polar surface area (TPSA) is 46.5 Å². The van der Waals surface area contributed by atoms with Crippen molar-refractivity contribution in [1.82, 2.24) is 4.98 Å². The number of ether oxygens (including phenoxy) is 1. The summed E-state index contributed by atoms with van der Waals surface area (Å²) in [6.45, 7) is 1.90. The van der Waals surface area contributed by atoms with Crippen molar-refractivity contribution in [2.75, 3.05) is 12.5 Å². The van der Waals surface area contributed by atoms with E-state index in [-0.39, 0.29) is 5.82 Å². The second kappa shape index (κ2) is 7.76. The first-order valence-corrected chi connectivity index (χ1v) is 9.04. The van der Waals surface area contributed by atoms with Crippen LogP contribution >= 0.6 is 27.3 Å². The molecule has 0 saturated carbocycles. The Morgan fingerprint density at radius 3 is 2.68 bits per heavy atom. The summed E-state index contributed by atoms with van der Waals surface area (Å²) >= 11 is 4.82. The smallest absolute Gasteiger partial charge is 0.204 e. The zero-order valence-corrected chi connectivity index (χ0v) is 16.0. The fraction of sp³-hybridized carbons (Fsp3) is 0.111. The monoisotopic (exact) mass is 419 g/mol. The van der Waals surface area contributed by atoms with Crippen LogP contribution < -0.4 is 10.2 Å². The molecule has 4 nitrogen and oxygen atoms in total. The van der Waals surface area contributed by atoms with Crippen LogP contribution in [0.15, 0.2) is 52.0 Å². The molecule has 0 bridgehead atoms. The molecule has 0 aliphatic rings. The lowest BCUT2D eigenvalue weighted by molar-refractivity contribution is 0.411. The van der Waals surface area contributed by atoms with Crippen molar-refractivity contribution in [3.8, 4) is 17.0 Å². The van der Waals surface area contributed by atoms with Crippen LogP contribution in [0.4, 0.5) is 9.52 Å². The normalized spacial score (nSPS) is 11.0. The number of nitrogens with zero attached hydrogens (tertiary/aromatic N) is 2. The molecule has 2 aromatic carbocycles. The van der Waals surface area contributed by atoms with Crippen molar-refractivity contribution >= 4 is 38.6 Å². The van der Waals surface area contributed by atoms with Gasteiger partial charge in [0.25, 0.3) is 0 Å². The van der Waals surface area contributed by atoms with Crippen LogP contribution in [0, 0.1) is 12.7 Å². The summed E-state index contributed by atoms with van der Waals surface area (Å²) in [5.74, 6) is 0.115. The number of hydrogen-bond donors (Lipinski definition) is 1. The summed E-state index contributed by atoms with van der Waals surface area (Å²) in [4.78, 5) is 5.35. The molecule has 0 amide bonds. The van der Waals surface area contributed by atoms with Gasteiger partial charge in [-0.25, -0.2) is 9.37 Å². The fourth-order valence-corrected chi connectivity index (χ4v) is 3.26. The van der Waals surface area contributed by atoms with Crippen molar-refractivity contribution in [2.24, 2.45) is 5.10 Å². The van der Waals surface area contributed by atoms with Crippen molar-refractivity contribution < 1.29 is 9.13 Å². The predicted octanol–water partition coefficient (Wildman–Crippen LogP) is 5.47. The molecular formula is C18H15BrFN3OS. The number of methoxy groups -OCH3 is 1. The van der Waals surface area contributed by atoms with Crippen LogP contribution in [0.5, 0.6) is 5.75 Å². The highest BCUT2D eigenvalue weighted by Gasteiger charge is 2.14. The maximum atomic E-state index is 14.2. The van der Waals surface area contributed by atoms with Crippen molar-refractivity contribution in [1.29, 1.82) is 0 Å². The molecule has 25 heavy (non-hydrogen) atoms. The largest absolute Gasteiger partial charge is 0.497 e. The van der Waals surface area contributed by atoms with E-state index in [0.29, 0.717) is 22.1 Å². The SMILES string of the molecule is COc1ccc(-c2nc(N/N=C\c3ccc(Br)cc3)sc2C)c(F)c1. The maximum absolute atomic E-state index is 14.2. The quantitative estimate of drug-likeness (QED) is 0.440. The van der Waals surface area contributed by atoms with Gasteiger partial charge in [-0.1, -0.05) is 28.1 Å². The molecule has 0 atom stereocenters. The summed E-state index contributed by atoms with van der Waals surface area (Å²) < 4.78 is 20.3. The van der Waals surface area contributed by atoms with E-state index in [1.807, 2.05) is 31.2 Å². The van der Waals surface area contributed by atoms with E-state index < -0.39 is 0 Å². The summed E-state index contributed by atoms with van der Waals surface area (Å²) in [6, 6.07) is 12.5. The minimum absolute atomic E-state index is 0.363. The number of halogens is 2. The van der Waals surface area contributed by atoms with Gasteiger partial charge in [0.15, 0.2) is 0 Å². The Labute approximate surface area is 157 Å². The molecule has 1 heterocycles. The van der Waals surface area contributed by atoms with Crippen molar-refractivity contribution in [2.45, 2.75) is 6.92 Å². The Morgan fingerprint density at radius 1 is 1.24 bits per heavy atom. The van der Waals surface area contributed by atoms with E-state index in [1.54, 1.807) is 18.3 Å². The number of rotatable bonds is 5. The second-order valence-electron chi connectivity index (χ2n) is 5.19. The maximum Gasteiger partial charge on any atom is 0.204 e. The van der Waals surface area contributed by atoms with E-state index in [4.69, 9.17) is 4.74 Å². The molecule has 1 aromatic heterocycles. The van der Waals surface area contributed by atoms with Crippen LogP contribution in [-0.2, 0) is 0 Å². The lowest BCUT2D eigenvalue weighted by Crippen LogP contribution is -1.92. The third-order valence-electron chi connectivity index (χ3n) is 3.47. The summed E-state index contributed by atoms with van der Waals surface area (Å²) in [5, 5.41) is 4.79. The number of hydrogen-bond acceptors (Lipinski definition) is 5. The highest BCUT2D eigenvalue weighted by Crippen LogP contribution is 2.33. The highest BCUT2D eigenvalue weighted by atomic mass is 79.9. The van der Waals surface area contributed by atoms with Crippen LogP contribution in [0.1, 0.15) is 10.4 Å². The molecule has 0 radical (unpaired) electrons. The molecule has 3 rings (SSSR count). The van der Waals surface area contributed by atoms with E-state index >= 15 is 0 Å². The molecular weight excluding hydrogens is 405 g/mol. The second-order valence-corrected chi connectivity index (χ2v) is 7.31. The fourth-order valence-electron chi connectivity index (χ4n) is 2.22. The van der Waals surface area contributed by atoms with E-state index in [0.717, 1.165) is 14.9 Å². The molecule has 128 valence electrons. The van der Waals surface area contributed by atoms with Gasteiger partial charge in [0.1, 0.15) is 11.6 Å². The first-order valence-electron chi connectivity index (χ1n) is 7.43. The highest BCUT2D eigenvalue weighted by molar-refractivity contribution is 9.10. The Bertz CT molecular complexity index is 909. The van der Waals surface area contributed by atoms with Crippen molar-refractivity contribution in [3.05, 3.63) is 63.2 Å². The van der Waals surface area contributed by atoms with E-state index in [1.165, 1.54) is 24.5 Å². The van der Waals surface area contributed by atoms with Gasteiger partial charge in [-0.15, -0.1) is 11.3 Å². The molecule has 3 aromatic rings. The average molecular weight is 420 g/mol. The zero-order chi connectivity index (χ0) is 17.8. The Balaban J connectivity index is 1.77. The molecule has 0 spiro atoms. The number of anilines is 1. The first kappa shape index (κ1) is 17.6. The number of thiazole rings is 1. The van der Waals surface area contributed by atoms with Gasteiger partial charge in [-0.3, -0.25) is 5.43 Å². The first-order chi connectivity index (χ1) is 12.1. The van der Waals surface area contributed by atoms with Crippen molar-refractivity contribution in [3.63, 3.8) is 0 Å². The molecule has 0 saturated heterocycles. The Kier molecular flexibility index (Phi) is 5.45. The van der Waals surface area contributed by atoms with E-state index in [2.05, 4.69) is 31.4 Å². The number of hydrazone groups is 1. The molecule has 1 N–H and O–H groups in total. The van der Waals surface area contributed by atoms with Crippen LogP contribution in [0.3, 0.4) is 0 Å². The lowest BCUT2D eigenvalue weighted by Gasteiger charge is -2.04. The molecule has 0 fully saturated rings. The summed E-state index contributed by atoms with van der Waals surface area (Å²) in [5.41, 5.74) is 4.91. The van der Waals surface area contributed by atoms with Gasteiger partial charge in [-0.2, -0.15) is 5.10 Å². The number of aromatic nitrogens is 1. The Morgan fingerprint density at radius 2 is 2.00 bits per heavy atom. The summed E-state index contributed by atoms with van der Waals surface area (Å²) in [7, 11) is 1.51. The molecule has 0 aliphatic carbocycles. The standard InChI is InChI=1S/C18H15BrFN3OS/c1-11-17(15-8-7-14(24-2)9-16(15)20)22-18(25-11)23-21-10-12-3-5-13(19)6-4-12/h3-10H,1-2H3,(H,22,23)/b21-10-. The van der Waals surface area contributed by atoms with Gasteiger partial charge in [-0.05, 0) is 36.8 Å². The third kappa shape index (κ3) is 4.24. The zero-order valence-electron chi connectivity index (χ0n) is 13.6. The third-order valence-corrected chi connectivity index (χ3v) is 4.88. The van der Waals surface area contributed by atoms with Crippen LogP contribution in [-0.4, -0.2) is 18.3 Å². The lowest BCUT2D eigenvalue weighted by atomic mass is 10.1. The molecule has 0 unspecified atom stereocenters. The number of nitrogens with one attached hydrogen (secondary N) is 1. The number of aryl methyl sites for hydroxylation is 1. The minimum Gasteiger partial charge on any atom is -0.497 e.